The molecule has 0 aliphatic carbocycles. The number of hydrogen-bond acceptors (Lipinski definition) is 4. The molecule has 3 rings (SSSR count). The first-order chi connectivity index (χ1) is 10.9. The van der Waals surface area contributed by atoms with E-state index in [2.05, 4.69) is 32.9 Å². The monoisotopic (exact) mass is 301 g/mol. The van der Waals surface area contributed by atoms with Crippen LogP contribution in [0.3, 0.4) is 0 Å². The fourth-order valence-electron chi connectivity index (χ4n) is 2.91. The van der Waals surface area contributed by atoms with Crippen molar-refractivity contribution in [2.24, 2.45) is 0 Å². The van der Waals surface area contributed by atoms with Crippen LogP contribution in [-0.2, 0) is 22.6 Å². The molecule has 0 N–H and O–H groups in total. The molecule has 2 aromatic rings. The number of nitrogens with zero attached hydrogens (tertiary/aromatic N) is 3. The predicted octanol–water partition coefficient (Wildman–Crippen LogP) is 2.10. The van der Waals surface area contributed by atoms with E-state index in [9.17, 15) is 0 Å². The molecule has 1 aromatic carbocycles. The van der Waals surface area contributed by atoms with Gasteiger partial charge in [0, 0.05) is 32.9 Å². The average molecular weight is 301 g/mol. The first-order valence-corrected chi connectivity index (χ1v) is 7.72. The molecule has 118 valence electrons. The van der Waals surface area contributed by atoms with Gasteiger partial charge < -0.3 is 9.47 Å². The van der Waals surface area contributed by atoms with Gasteiger partial charge in [0.05, 0.1) is 31.6 Å². The molecular formula is C17H23N3O2. The highest BCUT2D eigenvalue weighted by molar-refractivity contribution is 5.13. The largest absolute Gasteiger partial charge is 0.382 e. The van der Waals surface area contributed by atoms with Crippen molar-refractivity contribution in [1.29, 1.82) is 0 Å². The lowest BCUT2D eigenvalue weighted by Gasteiger charge is -2.33. The second-order valence-corrected chi connectivity index (χ2v) is 5.65. The van der Waals surface area contributed by atoms with Gasteiger partial charge in [-0.1, -0.05) is 30.3 Å². The Balaban J connectivity index is 1.47. The van der Waals surface area contributed by atoms with E-state index in [0.717, 1.165) is 26.2 Å². The summed E-state index contributed by atoms with van der Waals surface area (Å²) in [7, 11) is 1.74. The fourth-order valence-corrected chi connectivity index (χ4v) is 2.91. The van der Waals surface area contributed by atoms with Gasteiger partial charge in [-0.15, -0.1) is 0 Å². The summed E-state index contributed by atoms with van der Waals surface area (Å²) in [5.74, 6) is 0. The predicted molar refractivity (Wildman–Crippen MR) is 84.5 cm³/mol. The number of hydrogen-bond donors (Lipinski definition) is 0. The van der Waals surface area contributed by atoms with Crippen molar-refractivity contribution in [3.8, 4) is 0 Å². The summed E-state index contributed by atoms with van der Waals surface area (Å²) in [4.78, 5) is 2.41. The molecule has 1 atom stereocenters. The van der Waals surface area contributed by atoms with E-state index >= 15 is 0 Å². The Labute approximate surface area is 131 Å². The van der Waals surface area contributed by atoms with E-state index in [1.165, 1.54) is 11.3 Å². The highest BCUT2D eigenvalue weighted by atomic mass is 16.5. The van der Waals surface area contributed by atoms with Gasteiger partial charge in [0.25, 0.3) is 0 Å². The highest BCUT2D eigenvalue weighted by Gasteiger charge is 2.24. The molecule has 1 aromatic heterocycles. The van der Waals surface area contributed by atoms with Crippen LogP contribution in [0, 0.1) is 0 Å². The first-order valence-electron chi connectivity index (χ1n) is 7.72. The number of rotatable bonds is 7. The fraction of sp³-hybridized carbons (Fsp3) is 0.471. The maximum absolute atomic E-state index is 5.79. The molecule has 0 saturated carbocycles. The molecule has 0 radical (unpaired) electrons. The Morgan fingerprint density at radius 1 is 1.23 bits per heavy atom. The van der Waals surface area contributed by atoms with Crippen molar-refractivity contribution < 1.29 is 9.47 Å². The summed E-state index contributed by atoms with van der Waals surface area (Å²) in [5, 5.41) is 4.41. The standard InChI is InChI=1S/C17H23N3O2/c1-21-14-17-12-19(11-16-7-8-18-20(16)17)9-10-22-13-15-5-3-2-4-6-15/h2-8,17H,9-14H2,1H3/t17-/m1/s1. The van der Waals surface area contributed by atoms with Gasteiger partial charge in [-0.25, -0.2) is 0 Å². The quantitative estimate of drug-likeness (QED) is 0.734. The molecule has 0 unspecified atom stereocenters. The van der Waals surface area contributed by atoms with Gasteiger partial charge in [-0.2, -0.15) is 5.10 Å². The van der Waals surface area contributed by atoms with Gasteiger partial charge in [0.2, 0.25) is 0 Å². The third-order valence-corrected chi connectivity index (χ3v) is 3.98. The number of methoxy groups -OCH3 is 1. The van der Waals surface area contributed by atoms with Crippen LogP contribution in [0.25, 0.3) is 0 Å². The molecule has 5 nitrogen and oxygen atoms in total. The minimum absolute atomic E-state index is 0.290. The normalized spacial score (nSPS) is 18.3. The highest BCUT2D eigenvalue weighted by Crippen LogP contribution is 2.20. The van der Waals surface area contributed by atoms with Gasteiger partial charge in [-0.05, 0) is 11.6 Å². The third-order valence-electron chi connectivity index (χ3n) is 3.98. The van der Waals surface area contributed by atoms with Crippen molar-refractivity contribution in [3.05, 3.63) is 53.9 Å². The number of ether oxygens (including phenoxy) is 2. The maximum atomic E-state index is 5.79. The van der Waals surface area contributed by atoms with Crippen LogP contribution in [-0.4, -0.2) is 48.1 Å². The van der Waals surface area contributed by atoms with Gasteiger partial charge in [-0.3, -0.25) is 9.58 Å². The molecule has 1 aliphatic heterocycles. The minimum atomic E-state index is 0.290. The zero-order valence-electron chi connectivity index (χ0n) is 13.0. The number of fused-ring (bicyclic) bond motifs is 1. The molecule has 5 heteroatoms. The molecule has 22 heavy (non-hydrogen) atoms. The maximum Gasteiger partial charge on any atom is 0.0882 e. The molecule has 0 fully saturated rings. The van der Waals surface area contributed by atoms with E-state index in [1.807, 2.05) is 24.4 Å². The Hall–Kier alpha value is -1.69. The lowest BCUT2D eigenvalue weighted by molar-refractivity contribution is 0.0574. The molecule has 2 heterocycles. The molecule has 0 bridgehead atoms. The van der Waals surface area contributed by atoms with E-state index in [0.29, 0.717) is 13.2 Å². The van der Waals surface area contributed by atoms with Crippen LogP contribution in [0.2, 0.25) is 0 Å². The van der Waals surface area contributed by atoms with Crippen LogP contribution < -0.4 is 0 Å². The Morgan fingerprint density at radius 3 is 2.91 bits per heavy atom. The Kier molecular flexibility index (Phi) is 5.21. The lowest BCUT2D eigenvalue weighted by atomic mass is 10.2. The van der Waals surface area contributed by atoms with E-state index in [4.69, 9.17) is 9.47 Å². The Morgan fingerprint density at radius 2 is 2.09 bits per heavy atom. The summed E-state index contributed by atoms with van der Waals surface area (Å²) < 4.78 is 13.2. The van der Waals surface area contributed by atoms with Crippen molar-refractivity contribution in [1.82, 2.24) is 14.7 Å². The van der Waals surface area contributed by atoms with Crippen LogP contribution in [0.15, 0.2) is 42.6 Å². The third kappa shape index (κ3) is 3.74. The Bertz CT molecular complexity index is 570. The smallest absolute Gasteiger partial charge is 0.0882 e. The number of benzene rings is 1. The summed E-state index contributed by atoms with van der Waals surface area (Å²) in [6, 6.07) is 12.7. The van der Waals surface area contributed by atoms with E-state index in [1.54, 1.807) is 7.11 Å². The number of aromatic nitrogens is 2. The van der Waals surface area contributed by atoms with Gasteiger partial charge >= 0.3 is 0 Å². The van der Waals surface area contributed by atoms with Crippen molar-refractivity contribution >= 4 is 0 Å². The second-order valence-electron chi connectivity index (χ2n) is 5.65. The zero-order valence-corrected chi connectivity index (χ0v) is 13.0. The van der Waals surface area contributed by atoms with Gasteiger partial charge in [0.1, 0.15) is 0 Å². The molecule has 1 aliphatic rings. The molecule has 0 spiro atoms. The van der Waals surface area contributed by atoms with Gasteiger partial charge in [0.15, 0.2) is 0 Å². The van der Waals surface area contributed by atoms with Crippen molar-refractivity contribution in [2.45, 2.75) is 19.2 Å². The second kappa shape index (κ2) is 7.54. The molecule has 0 saturated heterocycles. The van der Waals surface area contributed by atoms with E-state index < -0.39 is 0 Å². The SMILES string of the molecule is COC[C@H]1CN(CCOCc2ccccc2)Cc2ccnn21. The summed E-state index contributed by atoms with van der Waals surface area (Å²) in [5.41, 5.74) is 2.47. The van der Waals surface area contributed by atoms with Crippen LogP contribution in [0.5, 0.6) is 0 Å². The van der Waals surface area contributed by atoms with E-state index in [-0.39, 0.29) is 6.04 Å². The topological polar surface area (TPSA) is 39.5 Å². The van der Waals surface area contributed by atoms with Crippen LogP contribution >= 0.6 is 0 Å². The zero-order chi connectivity index (χ0) is 15.2. The summed E-state index contributed by atoms with van der Waals surface area (Å²) >= 11 is 0. The van der Waals surface area contributed by atoms with Crippen LogP contribution in [0.1, 0.15) is 17.3 Å². The first kappa shape index (κ1) is 15.2. The van der Waals surface area contributed by atoms with Crippen molar-refractivity contribution in [3.63, 3.8) is 0 Å². The molecular weight excluding hydrogens is 278 g/mol. The average Bonchev–Trinajstić information content (AvgIpc) is 3.02. The molecule has 0 amide bonds. The summed E-state index contributed by atoms with van der Waals surface area (Å²) in [6.07, 6.45) is 1.87. The van der Waals surface area contributed by atoms with Crippen molar-refractivity contribution in [2.75, 3.05) is 33.4 Å². The summed E-state index contributed by atoms with van der Waals surface area (Å²) in [6.45, 7) is 4.91. The lowest BCUT2D eigenvalue weighted by Crippen LogP contribution is -2.40. The van der Waals surface area contributed by atoms with Crippen LogP contribution in [0.4, 0.5) is 0 Å². The minimum Gasteiger partial charge on any atom is -0.382 e.